The third-order valence-electron chi connectivity index (χ3n) is 2.42. The predicted octanol–water partition coefficient (Wildman–Crippen LogP) is 2.54. The van der Waals surface area contributed by atoms with Gasteiger partial charge in [0.15, 0.2) is 0 Å². The number of hydrogen-bond donors (Lipinski definition) is 1. The highest BCUT2D eigenvalue weighted by Crippen LogP contribution is 2.25. The van der Waals surface area contributed by atoms with Crippen molar-refractivity contribution in [1.82, 2.24) is 4.98 Å². The van der Waals surface area contributed by atoms with Gasteiger partial charge in [0, 0.05) is 11.8 Å². The van der Waals surface area contributed by atoms with Gasteiger partial charge in [-0.15, -0.1) is 0 Å². The minimum Gasteiger partial charge on any atom is -0.384 e. The molecule has 2 N–H and O–H groups in total. The molecule has 1 aromatic carbocycles. The Hall–Kier alpha value is -2.41. The van der Waals surface area contributed by atoms with Crippen molar-refractivity contribution in [3.05, 3.63) is 47.9 Å². The zero-order valence-electron chi connectivity index (χ0n) is 9.02. The van der Waals surface area contributed by atoms with Crippen LogP contribution in [0, 0.1) is 17.1 Å². The summed E-state index contributed by atoms with van der Waals surface area (Å²) in [6.07, 6.45) is 1.79. The minimum absolute atomic E-state index is 0.221. The van der Waals surface area contributed by atoms with Crippen molar-refractivity contribution >= 4 is 5.82 Å². The second kappa shape index (κ2) is 4.62. The Labute approximate surface area is 98.3 Å². The Morgan fingerprint density at radius 2 is 2.18 bits per heavy atom. The summed E-state index contributed by atoms with van der Waals surface area (Å²) in [7, 11) is 0. The lowest BCUT2D eigenvalue weighted by atomic mass is 10.00. The molecule has 1 heterocycles. The van der Waals surface area contributed by atoms with E-state index in [0.29, 0.717) is 11.4 Å². The van der Waals surface area contributed by atoms with E-state index in [2.05, 4.69) is 11.1 Å². The fraction of sp³-hybridized carbons (Fsp3) is 0.0769. The van der Waals surface area contributed by atoms with Gasteiger partial charge >= 0.3 is 0 Å². The lowest BCUT2D eigenvalue weighted by molar-refractivity contribution is 0.628. The van der Waals surface area contributed by atoms with Crippen LogP contribution >= 0.6 is 0 Å². The molecule has 84 valence electrons. The van der Waals surface area contributed by atoms with Crippen molar-refractivity contribution in [2.45, 2.75) is 6.42 Å². The zero-order chi connectivity index (χ0) is 12.3. The lowest BCUT2D eigenvalue weighted by Gasteiger charge is -2.07. The highest BCUT2D eigenvalue weighted by Gasteiger charge is 2.07. The fourth-order valence-electron chi connectivity index (χ4n) is 1.66. The van der Waals surface area contributed by atoms with Crippen LogP contribution < -0.4 is 5.73 Å². The molecule has 0 amide bonds. The minimum atomic E-state index is -0.317. The average molecular weight is 227 g/mol. The van der Waals surface area contributed by atoms with E-state index < -0.39 is 0 Å². The van der Waals surface area contributed by atoms with Crippen LogP contribution in [0.2, 0.25) is 0 Å². The molecule has 4 heteroatoms. The number of nitrogens with zero attached hydrogens (tertiary/aromatic N) is 2. The number of rotatable bonds is 2. The summed E-state index contributed by atoms with van der Waals surface area (Å²) in [5.74, 6) is 0.0395. The molecule has 0 aliphatic rings. The molecule has 0 bridgehead atoms. The van der Waals surface area contributed by atoms with Crippen molar-refractivity contribution in [2.24, 2.45) is 0 Å². The van der Waals surface area contributed by atoms with Crippen LogP contribution in [0.15, 0.2) is 36.5 Å². The summed E-state index contributed by atoms with van der Waals surface area (Å²) < 4.78 is 13.1. The quantitative estimate of drug-likeness (QED) is 0.857. The molecule has 1 aromatic heterocycles. The Balaban J connectivity index is 2.55. The molecule has 0 saturated carbocycles. The Bertz CT molecular complexity index is 587. The summed E-state index contributed by atoms with van der Waals surface area (Å²) in [4.78, 5) is 3.97. The Morgan fingerprint density at radius 1 is 1.35 bits per heavy atom. The van der Waals surface area contributed by atoms with Crippen molar-refractivity contribution < 1.29 is 4.39 Å². The number of anilines is 1. The summed E-state index contributed by atoms with van der Waals surface area (Å²) in [6, 6.07) is 9.88. The van der Waals surface area contributed by atoms with Gasteiger partial charge in [-0.05, 0) is 29.3 Å². The van der Waals surface area contributed by atoms with Crippen LogP contribution in [0.5, 0.6) is 0 Å². The number of nitrogen functional groups attached to an aromatic ring is 1. The van der Waals surface area contributed by atoms with E-state index in [4.69, 9.17) is 11.0 Å². The highest BCUT2D eigenvalue weighted by atomic mass is 19.1. The average Bonchev–Trinajstić information content (AvgIpc) is 2.29. The molecular formula is C13H10FN3. The van der Waals surface area contributed by atoms with Crippen molar-refractivity contribution in [1.29, 1.82) is 5.26 Å². The predicted molar refractivity (Wildman–Crippen MR) is 63.4 cm³/mol. The number of hydrogen-bond acceptors (Lipinski definition) is 3. The maximum Gasteiger partial charge on any atom is 0.123 e. The maximum absolute atomic E-state index is 13.1. The molecule has 0 radical (unpaired) electrons. The molecule has 0 atom stereocenters. The van der Waals surface area contributed by atoms with E-state index >= 15 is 0 Å². The normalized spacial score (nSPS) is 9.88. The van der Waals surface area contributed by atoms with Crippen LogP contribution in [0.25, 0.3) is 11.1 Å². The van der Waals surface area contributed by atoms with Crippen LogP contribution in [0.1, 0.15) is 5.56 Å². The zero-order valence-corrected chi connectivity index (χ0v) is 9.02. The number of halogens is 1. The third-order valence-corrected chi connectivity index (χ3v) is 2.42. The number of pyridine rings is 1. The van der Waals surface area contributed by atoms with Gasteiger partial charge in [0.25, 0.3) is 0 Å². The smallest absolute Gasteiger partial charge is 0.123 e. The van der Waals surface area contributed by atoms with E-state index in [1.165, 1.54) is 12.1 Å². The molecule has 0 unspecified atom stereocenters. The monoisotopic (exact) mass is 227 g/mol. The Kier molecular flexibility index (Phi) is 3.01. The van der Waals surface area contributed by atoms with Gasteiger partial charge in [-0.1, -0.05) is 12.1 Å². The second-order valence-corrected chi connectivity index (χ2v) is 3.61. The maximum atomic E-state index is 13.1. The first kappa shape index (κ1) is 11.1. The van der Waals surface area contributed by atoms with Crippen LogP contribution in [0.3, 0.4) is 0 Å². The van der Waals surface area contributed by atoms with Gasteiger partial charge in [-0.25, -0.2) is 9.37 Å². The topological polar surface area (TPSA) is 62.7 Å². The van der Waals surface area contributed by atoms with Gasteiger partial charge in [0.1, 0.15) is 11.6 Å². The van der Waals surface area contributed by atoms with Gasteiger partial charge < -0.3 is 5.73 Å². The van der Waals surface area contributed by atoms with E-state index in [1.807, 2.05) is 0 Å². The standard InChI is InChI=1S/C13H10FN3/c14-11-3-1-2-9(6-11)12-8-17-13(16)7-10(12)4-5-15/h1-3,6-8H,4H2,(H2,16,17). The van der Waals surface area contributed by atoms with E-state index in [1.54, 1.807) is 24.4 Å². The third kappa shape index (κ3) is 2.40. The fourth-order valence-corrected chi connectivity index (χ4v) is 1.66. The van der Waals surface area contributed by atoms with Gasteiger partial charge in [0.05, 0.1) is 12.5 Å². The van der Waals surface area contributed by atoms with Crippen molar-refractivity contribution in [3.8, 4) is 17.2 Å². The highest BCUT2D eigenvalue weighted by molar-refractivity contribution is 5.68. The molecule has 17 heavy (non-hydrogen) atoms. The van der Waals surface area contributed by atoms with Crippen LogP contribution in [-0.4, -0.2) is 4.98 Å². The number of benzene rings is 1. The molecule has 0 saturated heterocycles. The molecule has 2 aromatic rings. The largest absolute Gasteiger partial charge is 0.384 e. The van der Waals surface area contributed by atoms with E-state index in [-0.39, 0.29) is 12.2 Å². The first-order chi connectivity index (χ1) is 8.20. The summed E-state index contributed by atoms with van der Waals surface area (Å²) >= 11 is 0. The summed E-state index contributed by atoms with van der Waals surface area (Å²) in [5, 5.41) is 8.75. The summed E-state index contributed by atoms with van der Waals surface area (Å²) in [6.45, 7) is 0. The Morgan fingerprint density at radius 3 is 2.88 bits per heavy atom. The van der Waals surface area contributed by atoms with Crippen molar-refractivity contribution in [2.75, 3.05) is 5.73 Å². The molecule has 0 fully saturated rings. The van der Waals surface area contributed by atoms with E-state index in [0.717, 1.165) is 11.1 Å². The van der Waals surface area contributed by atoms with Crippen molar-refractivity contribution in [3.63, 3.8) is 0 Å². The number of aromatic nitrogens is 1. The van der Waals surface area contributed by atoms with Crippen LogP contribution in [-0.2, 0) is 6.42 Å². The number of nitrogens with two attached hydrogens (primary N) is 1. The molecule has 2 rings (SSSR count). The SMILES string of the molecule is N#CCc1cc(N)ncc1-c1cccc(F)c1. The van der Waals surface area contributed by atoms with Gasteiger partial charge in [-0.3, -0.25) is 0 Å². The van der Waals surface area contributed by atoms with Gasteiger partial charge in [-0.2, -0.15) is 5.26 Å². The lowest BCUT2D eigenvalue weighted by Crippen LogP contribution is -1.96. The van der Waals surface area contributed by atoms with Crippen LogP contribution in [0.4, 0.5) is 10.2 Å². The molecular weight excluding hydrogens is 217 g/mol. The number of nitriles is 1. The molecule has 3 nitrogen and oxygen atoms in total. The van der Waals surface area contributed by atoms with E-state index in [9.17, 15) is 4.39 Å². The molecule has 0 spiro atoms. The second-order valence-electron chi connectivity index (χ2n) is 3.61. The summed E-state index contributed by atoms with van der Waals surface area (Å²) in [5.41, 5.74) is 7.76. The van der Waals surface area contributed by atoms with Gasteiger partial charge in [0.2, 0.25) is 0 Å². The molecule has 0 aliphatic carbocycles. The first-order valence-corrected chi connectivity index (χ1v) is 5.08. The molecule has 0 aliphatic heterocycles. The first-order valence-electron chi connectivity index (χ1n) is 5.08.